The summed E-state index contributed by atoms with van der Waals surface area (Å²) in [5.41, 5.74) is 5.40. The highest BCUT2D eigenvalue weighted by Gasteiger charge is 2.27. The van der Waals surface area contributed by atoms with Crippen molar-refractivity contribution in [3.63, 3.8) is 0 Å². The number of benzene rings is 2. The van der Waals surface area contributed by atoms with Crippen molar-refractivity contribution in [1.29, 1.82) is 0 Å². The van der Waals surface area contributed by atoms with E-state index in [0.717, 1.165) is 22.2 Å². The molecule has 0 spiro atoms. The zero-order valence-corrected chi connectivity index (χ0v) is 18.3. The standard InChI is InChI=1S/C26H27N3O2/c1-16-14-17(2)28-25(30)22(16)15-27-26(31)24-19(4)29(23-13-9-8-12-21(23)24)18(3)20-10-6-5-7-11-20/h5-14,18,22H,15H2,1-4H3,(H,27,31)/t18-,22?/m1/s1. The number of hydrogen-bond donors (Lipinski definition) is 1. The summed E-state index contributed by atoms with van der Waals surface area (Å²) >= 11 is 0. The molecule has 0 saturated carbocycles. The van der Waals surface area contributed by atoms with E-state index in [2.05, 4.69) is 33.9 Å². The van der Waals surface area contributed by atoms with Crippen LogP contribution in [0.4, 0.5) is 0 Å². The molecule has 0 bridgehead atoms. The van der Waals surface area contributed by atoms with Crippen LogP contribution in [0.1, 0.15) is 48.4 Å². The maximum absolute atomic E-state index is 13.3. The molecule has 0 fully saturated rings. The van der Waals surface area contributed by atoms with Gasteiger partial charge in [-0.1, -0.05) is 54.1 Å². The van der Waals surface area contributed by atoms with Gasteiger partial charge in [0.2, 0.25) is 0 Å². The molecule has 3 aromatic rings. The number of aliphatic imine (C=N–C) groups is 1. The van der Waals surface area contributed by atoms with Gasteiger partial charge in [-0.05, 0) is 45.4 Å². The van der Waals surface area contributed by atoms with E-state index >= 15 is 0 Å². The summed E-state index contributed by atoms with van der Waals surface area (Å²) in [6, 6.07) is 18.3. The number of amides is 2. The van der Waals surface area contributed by atoms with E-state index in [1.54, 1.807) is 0 Å². The van der Waals surface area contributed by atoms with E-state index in [4.69, 9.17) is 0 Å². The average molecular weight is 414 g/mol. The molecule has 2 heterocycles. The number of fused-ring (bicyclic) bond motifs is 1. The summed E-state index contributed by atoms with van der Waals surface area (Å²) in [6.45, 7) is 8.09. The van der Waals surface area contributed by atoms with Gasteiger partial charge in [-0.15, -0.1) is 0 Å². The van der Waals surface area contributed by atoms with Gasteiger partial charge in [0.1, 0.15) is 0 Å². The molecular weight excluding hydrogens is 386 g/mol. The lowest BCUT2D eigenvalue weighted by atomic mass is 9.95. The van der Waals surface area contributed by atoms with E-state index in [9.17, 15) is 9.59 Å². The third-order valence-corrected chi connectivity index (χ3v) is 6.09. The number of carbonyl (C=O) groups excluding carboxylic acids is 2. The van der Waals surface area contributed by atoms with Crippen LogP contribution in [0.3, 0.4) is 0 Å². The van der Waals surface area contributed by atoms with Gasteiger partial charge in [-0.2, -0.15) is 0 Å². The van der Waals surface area contributed by atoms with Gasteiger partial charge in [0.05, 0.1) is 17.5 Å². The molecule has 31 heavy (non-hydrogen) atoms. The highest BCUT2D eigenvalue weighted by atomic mass is 16.2. The van der Waals surface area contributed by atoms with E-state index in [0.29, 0.717) is 11.3 Å². The van der Waals surface area contributed by atoms with Crippen LogP contribution in [0.25, 0.3) is 10.9 Å². The highest BCUT2D eigenvalue weighted by molar-refractivity contribution is 6.09. The van der Waals surface area contributed by atoms with Crippen molar-refractivity contribution in [2.45, 2.75) is 33.7 Å². The Kier molecular flexibility index (Phi) is 5.59. The van der Waals surface area contributed by atoms with Gasteiger partial charge >= 0.3 is 0 Å². The number of nitrogens with zero attached hydrogens (tertiary/aromatic N) is 2. The molecule has 1 aliphatic rings. The summed E-state index contributed by atoms with van der Waals surface area (Å²) in [5.74, 6) is -0.779. The number of hydrogen-bond acceptors (Lipinski definition) is 2. The second-order valence-electron chi connectivity index (χ2n) is 8.18. The average Bonchev–Trinajstić information content (AvgIpc) is 3.04. The van der Waals surface area contributed by atoms with Crippen LogP contribution in [0.2, 0.25) is 0 Å². The molecule has 2 atom stereocenters. The van der Waals surface area contributed by atoms with Crippen LogP contribution in [0, 0.1) is 12.8 Å². The number of rotatable bonds is 5. The Morgan fingerprint density at radius 1 is 1.06 bits per heavy atom. The van der Waals surface area contributed by atoms with Gasteiger partial charge < -0.3 is 9.88 Å². The molecule has 158 valence electrons. The molecule has 0 aliphatic carbocycles. The Morgan fingerprint density at radius 2 is 1.74 bits per heavy atom. The summed E-state index contributed by atoms with van der Waals surface area (Å²) in [6.07, 6.45) is 1.90. The number of dihydropyridines is 1. The minimum absolute atomic E-state index is 0.0788. The van der Waals surface area contributed by atoms with Crippen LogP contribution >= 0.6 is 0 Å². The summed E-state index contributed by atoms with van der Waals surface area (Å²) in [7, 11) is 0. The monoisotopic (exact) mass is 413 g/mol. The van der Waals surface area contributed by atoms with Crippen LogP contribution in [-0.2, 0) is 4.79 Å². The van der Waals surface area contributed by atoms with Crippen molar-refractivity contribution in [3.05, 3.63) is 83.1 Å². The van der Waals surface area contributed by atoms with Crippen molar-refractivity contribution in [2.24, 2.45) is 10.9 Å². The molecule has 2 aromatic carbocycles. The molecule has 1 N–H and O–H groups in total. The number of aromatic nitrogens is 1. The lowest BCUT2D eigenvalue weighted by molar-refractivity contribution is -0.120. The second-order valence-corrected chi connectivity index (χ2v) is 8.18. The van der Waals surface area contributed by atoms with Crippen molar-refractivity contribution in [1.82, 2.24) is 9.88 Å². The normalized spacial score (nSPS) is 17.3. The van der Waals surface area contributed by atoms with E-state index < -0.39 is 5.92 Å². The zero-order valence-electron chi connectivity index (χ0n) is 18.3. The van der Waals surface area contributed by atoms with Gasteiger partial charge in [-0.3, -0.25) is 9.59 Å². The first-order valence-corrected chi connectivity index (χ1v) is 10.6. The van der Waals surface area contributed by atoms with Crippen LogP contribution < -0.4 is 5.32 Å². The first kappa shape index (κ1) is 20.8. The van der Waals surface area contributed by atoms with Gasteiger partial charge in [0.25, 0.3) is 11.8 Å². The van der Waals surface area contributed by atoms with Gasteiger partial charge in [-0.25, -0.2) is 4.99 Å². The van der Waals surface area contributed by atoms with Crippen LogP contribution in [0.5, 0.6) is 0 Å². The Balaban J connectivity index is 1.67. The fourth-order valence-electron chi connectivity index (χ4n) is 4.50. The minimum atomic E-state index is -0.412. The lowest BCUT2D eigenvalue weighted by Crippen LogP contribution is -2.35. The number of para-hydroxylation sites is 1. The van der Waals surface area contributed by atoms with Crippen molar-refractivity contribution in [3.8, 4) is 0 Å². The number of carbonyl (C=O) groups is 2. The Bertz CT molecular complexity index is 1220. The molecule has 5 nitrogen and oxygen atoms in total. The molecule has 1 unspecified atom stereocenters. The highest BCUT2D eigenvalue weighted by Crippen LogP contribution is 2.32. The Morgan fingerprint density at radius 3 is 2.45 bits per heavy atom. The quantitative estimate of drug-likeness (QED) is 0.650. The Labute approximate surface area is 182 Å². The van der Waals surface area contributed by atoms with E-state index in [-0.39, 0.29) is 24.4 Å². The summed E-state index contributed by atoms with van der Waals surface area (Å²) in [5, 5.41) is 3.90. The third-order valence-electron chi connectivity index (χ3n) is 6.09. The second kappa shape index (κ2) is 8.34. The molecule has 2 amide bonds. The topological polar surface area (TPSA) is 63.5 Å². The number of nitrogens with one attached hydrogen (secondary N) is 1. The Hall–Kier alpha value is -3.47. The largest absolute Gasteiger partial charge is 0.351 e. The molecule has 5 heteroatoms. The number of allylic oxidation sites excluding steroid dienone is 1. The maximum atomic E-state index is 13.3. The molecular formula is C26H27N3O2. The molecule has 1 aromatic heterocycles. The lowest BCUT2D eigenvalue weighted by Gasteiger charge is -2.19. The molecule has 0 radical (unpaired) electrons. The minimum Gasteiger partial charge on any atom is -0.351 e. The first-order valence-electron chi connectivity index (χ1n) is 10.6. The van der Waals surface area contributed by atoms with Crippen molar-refractivity contribution >= 4 is 28.4 Å². The van der Waals surface area contributed by atoms with E-state index in [1.807, 2.05) is 69.3 Å². The first-order chi connectivity index (χ1) is 14.9. The van der Waals surface area contributed by atoms with Crippen molar-refractivity contribution < 1.29 is 9.59 Å². The van der Waals surface area contributed by atoms with Crippen molar-refractivity contribution in [2.75, 3.05) is 6.54 Å². The maximum Gasteiger partial charge on any atom is 0.254 e. The van der Waals surface area contributed by atoms with E-state index in [1.165, 1.54) is 5.56 Å². The fourth-order valence-corrected chi connectivity index (χ4v) is 4.50. The molecule has 4 rings (SSSR count). The predicted octanol–water partition coefficient (Wildman–Crippen LogP) is 4.85. The molecule has 1 aliphatic heterocycles. The summed E-state index contributed by atoms with van der Waals surface area (Å²) < 4.78 is 2.21. The molecule has 0 saturated heterocycles. The van der Waals surface area contributed by atoms with Crippen LogP contribution in [-0.4, -0.2) is 28.6 Å². The fraction of sp³-hybridized carbons (Fsp3) is 0.269. The smallest absolute Gasteiger partial charge is 0.254 e. The zero-order chi connectivity index (χ0) is 22.1. The predicted molar refractivity (Wildman–Crippen MR) is 125 cm³/mol. The van der Waals surface area contributed by atoms with Crippen LogP contribution in [0.15, 0.2) is 71.2 Å². The SMILES string of the molecule is CC1=CC(C)=NC(=O)C1CNC(=O)c1c(C)n([C@H](C)c2ccccc2)c2ccccc12. The van der Waals surface area contributed by atoms with Gasteiger partial charge in [0, 0.05) is 28.9 Å². The summed E-state index contributed by atoms with van der Waals surface area (Å²) in [4.78, 5) is 29.6. The van der Waals surface area contributed by atoms with Gasteiger partial charge in [0.15, 0.2) is 0 Å². The third kappa shape index (κ3) is 3.83.